The number of alkyl halides is 3. The Bertz CT molecular complexity index is 1690. The van der Waals surface area contributed by atoms with Crippen LogP contribution < -0.4 is 15.5 Å². The van der Waals surface area contributed by atoms with Gasteiger partial charge in [0.15, 0.2) is 0 Å². The van der Waals surface area contributed by atoms with E-state index in [-0.39, 0.29) is 24.3 Å². The van der Waals surface area contributed by atoms with Gasteiger partial charge in [0.1, 0.15) is 6.04 Å². The molecule has 1 atom stereocenters. The summed E-state index contributed by atoms with van der Waals surface area (Å²) in [5.41, 5.74) is 3.16. The van der Waals surface area contributed by atoms with Gasteiger partial charge in [-0.25, -0.2) is 4.79 Å². The van der Waals surface area contributed by atoms with E-state index in [1.54, 1.807) is 31.2 Å². The average molecular weight is 658 g/mol. The molecule has 10 heteroatoms. The maximum absolute atomic E-state index is 13.2. The lowest BCUT2D eigenvalue weighted by Crippen LogP contribution is -2.44. The Labute approximate surface area is 278 Å². The fraction of sp³-hybridized carbons (Fsp3) is 0.289. The fourth-order valence-electron chi connectivity index (χ4n) is 5.92. The third-order valence-corrected chi connectivity index (χ3v) is 8.46. The molecule has 4 aromatic rings. The lowest BCUT2D eigenvalue weighted by molar-refractivity contribution is -0.147. The van der Waals surface area contributed by atoms with Crippen molar-refractivity contribution < 1.29 is 32.3 Å². The number of benzene rings is 4. The van der Waals surface area contributed by atoms with Crippen LogP contribution in [0.25, 0.3) is 11.1 Å². The molecule has 0 spiro atoms. The summed E-state index contributed by atoms with van der Waals surface area (Å²) in [4.78, 5) is 40.9. The van der Waals surface area contributed by atoms with E-state index in [9.17, 15) is 27.6 Å². The lowest BCUT2D eigenvalue weighted by atomic mass is 9.92. The Balaban J connectivity index is 1.13. The molecular formula is C38H38F3N3O4. The van der Waals surface area contributed by atoms with Gasteiger partial charge in [-0.2, -0.15) is 13.2 Å². The van der Waals surface area contributed by atoms with Gasteiger partial charge in [0.2, 0.25) is 5.91 Å². The van der Waals surface area contributed by atoms with E-state index in [4.69, 9.17) is 4.74 Å². The number of carbonyl (C=O) groups is 3. The van der Waals surface area contributed by atoms with Gasteiger partial charge in [-0.05, 0) is 84.8 Å². The molecule has 48 heavy (non-hydrogen) atoms. The van der Waals surface area contributed by atoms with Crippen LogP contribution in [0, 0.1) is 5.92 Å². The molecule has 0 aromatic heterocycles. The van der Waals surface area contributed by atoms with Crippen molar-refractivity contribution in [2.75, 3.05) is 29.9 Å². The van der Waals surface area contributed by atoms with Crippen LogP contribution in [0.2, 0.25) is 0 Å². The van der Waals surface area contributed by atoms with Crippen LogP contribution in [0.3, 0.4) is 0 Å². The molecule has 4 aromatic carbocycles. The zero-order valence-corrected chi connectivity index (χ0v) is 26.6. The molecule has 1 saturated heterocycles. The standard InChI is InChI=1S/C38H38F3N3O4/c1-2-48-37(47)34(24-26-8-4-3-5-9-26)43-35(45)25-27-20-22-44(23-21-27)31-18-16-30(17-19-31)42-36(46)33-11-7-6-10-32(33)28-12-14-29(15-13-28)38(39,40)41/h3-19,27,34H,2,20-25H2,1H3,(H,42,46)(H,43,45)/t34-/m1/s1. The number of halogens is 3. The zero-order chi connectivity index (χ0) is 34.1. The molecule has 2 amide bonds. The second kappa shape index (κ2) is 15.6. The number of amides is 2. The molecule has 0 bridgehead atoms. The first-order chi connectivity index (χ1) is 23.1. The molecular weight excluding hydrogens is 619 g/mol. The SMILES string of the molecule is CCOC(=O)[C@@H](Cc1ccccc1)NC(=O)CC1CCN(c2ccc(NC(=O)c3ccccc3-c3ccc(C(F)(F)F)cc3)cc2)CC1. The van der Waals surface area contributed by atoms with Crippen molar-refractivity contribution in [2.24, 2.45) is 5.92 Å². The van der Waals surface area contributed by atoms with Gasteiger partial charge >= 0.3 is 12.1 Å². The highest BCUT2D eigenvalue weighted by atomic mass is 19.4. The molecule has 5 rings (SSSR count). The van der Waals surface area contributed by atoms with Crippen LogP contribution in [-0.4, -0.2) is 43.5 Å². The number of nitrogens with zero attached hydrogens (tertiary/aromatic N) is 1. The molecule has 0 saturated carbocycles. The largest absolute Gasteiger partial charge is 0.464 e. The zero-order valence-electron chi connectivity index (χ0n) is 26.6. The Morgan fingerprint density at radius 2 is 1.50 bits per heavy atom. The maximum Gasteiger partial charge on any atom is 0.416 e. The van der Waals surface area contributed by atoms with Gasteiger partial charge in [-0.15, -0.1) is 0 Å². The van der Waals surface area contributed by atoms with Gasteiger partial charge < -0.3 is 20.3 Å². The van der Waals surface area contributed by atoms with Gasteiger partial charge in [-0.3, -0.25) is 9.59 Å². The number of carbonyl (C=O) groups excluding carboxylic acids is 3. The lowest BCUT2D eigenvalue weighted by Gasteiger charge is -2.33. The van der Waals surface area contributed by atoms with Gasteiger partial charge in [0, 0.05) is 42.9 Å². The van der Waals surface area contributed by atoms with Crippen LogP contribution in [0.15, 0.2) is 103 Å². The summed E-state index contributed by atoms with van der Waals surface area (Å²) in [5.74, 6) is -0.787. The molecule has 0 aliphatic carbocycles. The number of piperidine rings is 1. The summed E-state index contributed by atoms with van der Waals surface area (Å²) in [6.45, 7) is 3.50. The second-order valence-electron chi connectivity index (χ2n) is 11.8. The number of anilines is 2. The van der Waals surface area contributed by atoms with Crippen molar-refractivity contribution in [3.05, 3.63) is 120 Å². The van der Waals surface area contributed by atoms with E-state index in [0.717, 1.165) is 49.3 Å². The third kappa shape index (κ3) is 9.02. The van der Waals surface area contributed by atoms with Crippen molar-refractivity contribution in [1.29, 1.82) is 0 Å². The molecule has 0 radical (unpaired) electrons. The Hall–Kier alpha value is -5.12. The quantitative estimate of drug-likeness (QED) is 0.163. The molecule has 7 nitrogen and oxygen atoms in total. The normalized spacial score (nSPS) is 14.2. The first kappa shape index (κ1) is 34.2. The van der Waals surface area contributed by atoms with Gasteiger partial charge in [0.25, 0.3) is 5.91 Å². The van der Waals surface area contributed by atoms with Gasteiger partial charge in [-0.1, -0.05) is 60.7 Å². The summed E-state index contributed by atoms with van der Waals surface area (Å²) < 4.78 is 44.3. The smallest absolute Gasteiger partial charge is 0.416 e. The molecule has 1 heterocycles. The number of hydrogen-bond acceptors (Lipinski definition) is 5. The highest BCUT2D eigenvalue weighted by Crippen LogP contribution is 2.32. The number of rotatable bonds is 11. The van der Waals surface area contributed by atoms with E-state index < -0.39 is 23.8 Å². The van der Waals surface area contributed by atoms with Crippen LogP contribution in [0.1, 0.15) is 47.7 Å². The minimum absolute atomic E-state index is 0.164. The highest BCUT2D eigenvalue weighted by Gasteiger charge is 2.30. The molecule has 1 aliphatic heterocycles. The minimum atomic E-state index is -4.44. The number of esters is 1. The second-order valence-corrected chi connectivity index (χ2v) is 11.8. The molecule has 1 aliphatic rings. The van der Waals surface area contributed by atoms with Crippen molar-refractivity contribution in [3.8, 4) is 11.1 Å². The first-order valence-electron chi connectivity index (χ1n) is 16.0. The van der Waals surface area contributed by atoms with Gasteiger partial charge in [0.05, 0.1) is 12.2 Å². The topological polar surface area (TPSA) is 87.7 Å². The third-order valence-electron chi connectivity index (χ3n) is 8.46. The number of nitrogens with one attached hydrogen (secondary N) is 2. The van der Waals surface area contributed by atoms with Crippen LogP contribution in [0.4, 0.5) is 24.5 Å². The Morgan fingerprint density at radius 3 is 2.15 bits per heavy atom. The summed E-state index contributed by atoms with van der Waals surface area (Å²) in [7, 11) is 0. The highest BCUT2D eigenvalue weighted by molar-refractivity contribution is 6.08. The Morgan fingerprint density at radius 1 is 0.854 bits per heavy atom. The van der Waals surface area contributed by atoms with E-state index in [1.807, 2.05) is 54.6 Å². The molecule has 250 valence electrons. The Kier molecular flexibility index (Phi) is 11.2. The van der Waals surface area contributed by atoms with E-state index in [0.29, 0.717) is 35.2 Å². The number of hydrogen-bond donors (Lipinski definition) is 2. The van der Waals surface area contributed by atoms with Crippen molar-refractivity contribution in [1.82, 2.24) is 5.32 Å². The maximum atomic E-state index is 13.2. The molecule has 1 fully saturated rings. The molecule has 0 unspecified atom stereocenters. The summed E-state index contributed by atoms with van der Waals surface area (Å²) in [5, 5.41) is 5.79. The average Bonchev–Trinajstić information content (AvgIpc) is 3.09. The van der Waals surface area contributed by atoms with Crippen molar-refractivity contribution in [3.63, 3.8) is 0 Å². The van der Waals surface area contributed by atoms with Crippen molar-refractivity contribution in [2.45, 2.75) is 44.8 Å². The van der Waals surface area contributed by atoms with Crippen LogP contribution >= 0.6 is 0 Å². The predicted octanol–water partition coefficient (Wildman–Crippen LogP) is 7.52. The summed E-state index contributed by atoms with van der Waals surface area (Å²) in [6, 6.07) is 27.8. The summed E-state index contributed by atoms with van der Waals surface area (Å²) in [6.07, 6.45) is -2.11. The van der Waals surface area contributed by atoms with E-state index >= 15 is 0 Å². The van der Waals surface area contributed by atoms with Crippen LogP contribution in [0.5, 0.6) is 0 Å². The summed E-state index contributed by atoms with van der Waals surface area (Å²) >= 11 is 0. The monoisotopic (exact) mass is 657 g/mol. The molecule has 2 N–H and O–H groups in total. The predicted molar refractivity (Wildman–Crippen MR) is 180 cm³/mol. The van der Waals surface area contributed by atoms with Crippen LogP contribution in [-0.2, 0) is 26.9 Å². The fourth-order valence-corrected chi connectivity index (χ4v) is 5.92. The minimum Gasteiger partial charge on any atom is -0.464 e. The van der Waals surface area contributed by atoms with Crippen molar-refractivity contribution >= 4 is 29.2 Å². The number of ether oxygens (including phenoxy) is 1. The van der Waals surface area contributed by atoms with E-state index in [1.165, 1.54) is 12.1 Å². The first-order valence-corrected chi connectivity index (χ1v) is 16.0. The van der Waals surface area contributed by atoms with E-state index in [2.05, 4.69) is 15.5 Å².